The zero-order valence-corrected chi connectivity index (χ0v) is 43.0. The van der Waals surface area contributed by atoms with Crippen LogP contribution in [0.15, 0.2) is 97.1 Å². The molecular weight excluding hydrogens is 819 g/mol. The normalized spacial score (nSPS) is 15.0. The average molecular weight is 900 g/mol. The first-order valence-electron chi connectivity index (χ1n) is 24.9. The molecule has 0 amide bonds. The summed E-state index contributed by atoms with van der Waals surface area (Å²) in [7, 11) is -6.50. The monoisotopic (exact) mass is 900 g/mol. The van der Waals surface area contributed by atoms with Crippen molar-refractivity contribution in [3.8, 4) is 0 Å². The fourth-order valence-electron chi connectivity index (χ4n) is 10.4. The van der Waals surface area contributed by atoms with Gasteiger partial charge in [-0.25, -0.2) is 13.2 Å². The second-order valence-electron chi connectivity index (χ2n) is 18.4. The molecule has 0 bridgehead atoms. The molecule has 0 saturated heterocycles. The molecule has 0 aliphatic heterocycles. The molecule has 4 aromatic rings. The van der Waals surface area contributed by atoms with Gasteiger partial charge in [0.05, 0.1) is 16.1 Å². The van der Waals surface area contributed by atoms with Crippen LogP contribution in [0.1, 0.15) is 151 Å². The molecule has 2 unspecified atom stereocenters. The van der Waals surface area contributed by atoms with Gasteiger partial charge in [-0.15, -0.1) is 0 Å². The molecule has 1 saturated carbocycles. The Bertz CT molecular complexity index is 1700. The largest absolute Gasteiger partial charge is 0.241 e. The fourth-order valence-corrected chi connectivity index (χ4v) is 28.3. The molecule has 334 valence electrons. The van der Waals surface area contributed by atoms with Crippen LogP contribution in [0.25, 0.3) is 0 Å². The third kappa shape index (κ3) is 13.1. The van der Waals surface area contributed by atoms with Crippen LogP contribution in [0.3, 0.4) is 0 Å². The summed E-state index contributed by atoms with van der Waals surface area (Å²) < 4.78 is 36.7. The minimum Gasteiger partial charge on any atom is -0.241 e. The molecular formula is C54H81F2NP2Si2. The van der Waals surface area contributed by atoms with E-state index in [4.69, 9.17) is 0 Å². The van der Waals surface area contributed by atoms with Crippen LogP contribution in [0.5, 0.6) is 0 Å². The van der Waals surface area contributed by atoms with Crippen molar-refractivity contribution in [1.82, 2.24) is 4.44 Å². The van der Waals surface area contributed by atoms with Crippen molar-refractivity contribution >= 4 is 63.9 Å². The Morgan fingerprint density at radius 2 is 0.803 bits per heavy atom. The van der Waals surface area contributed by atoms with Crippen LogP contribution < -0.4 is 31.6 Å². The van der Waals surface area contributed by atoms with Crippen LogP contribution in [0.2, 0.25) is 36.3 Å². The van der Waals surface area contributed by atoms with E-state index in [-0.39, 0.29) is 17.7 Å². The molecule has 1 fully saturated rings. The van der Waals surface area contributed by atoms with E-state index in [9.17, 15) is 0 Å². The highest BCUT2D eigenvalue weighted by atomic mass is 31.2. The second kappa shape index (κ2) is 26.1. The predicted octanol–water partition coefficient (Wildman–Crippen LogP) is 15.1. The van der Waals surface area contributed by atoms with Crippen LogP contribution in [0.4, 0.5) is 8.78 Å². The van der Waals surface area contributed by atoms with Gasteiger partial charge in [0, 0.05) is 32.8 Å². The summed E-state index contributed by atoms with van der Waals surface area (Å²) in [5.41, 5.74) is 0. The molecule has 61 heavy (non-hydrogen) atoms. The van der Waals surface area contributed by atoms with Crippen molar-refractivity contribution in [3.63, 3.8) is 0 Å². The van der Waals surface area contributed by atoms with Crippen molar-refractivity contribution in [3.05, 3.63) is 109 Å². The highest BCUT2D eigenvalue weighted by molar-refractivity contribution is 7.84. The number of hydrogen-bond acceptors (Lipinski definition) is 1. The summed E-state index contributed by atoms with van der Waals surface area (Å²) in [5, 5.41) is 7.23. The third-order valence-electron chi connectivity index (χ3n) is 13.9. The molecule has 4 aromatic carbocycles. The van der Waals surface area contributed by atoms with Gasteiger partial charge >= 0.3 is 0 Å². The number of benzene rings is 4. The summed E-state index contributed by atoms with van der Waals surface area (Å²) >= 11 is 0. The molecule has 2 atom stereocenters. The topological polar surface area (TPSA) is 3.24 Å². The maximum absolute atomic E-state index is 16.9. The number of halogens is 2. The maximum atomic E-state index is 16.9. The highest BCUT2D eigenvalue weighted by Crippen LogP contribution is 2.58. The molecule has 1 aliphatic carbocycles. The first-order valence-corrected chi connectivity index (χ1v) is 32.7. The van der Waals surface area contributed by atoms with Crippen LogP contribution in [-0.2, 0) is 0 Å². The van der Waals surface area contributed by atoms with Crippen LogP contribution in [0, 0.1) is 11.6 Å². The van der Waals surface area contributed by atoms with Gasteiger partial charge in [0.15, 0.2) is 0 Å². The van der Waals surface area contributed by atoms with Gasteiger partial charge in [-0.05, 0) is 47.7 Å². The lowest BCUT2D eigenvalue weighted by Crippen LogP contribution is -2.49. The fraction of sp³-hybridized carbons (Fsp3) is 0.556. The quantitative estimate of drug-likeness (QED) is 0.0426. The number of rotatable bonds is 27. The molecule has 0 heterocycles. The van der Waals surface area contributed by atoms with Gasteiger partial charge in [-0.1, -0.05) is 257 Å². The second-order valence-corrected chi connectivity index (χ2v) is 32.1. The average Bonchev–Trinajstić information content (AvgIpc) is 3.30. The Morgan fingerprint density at radius 3 is 1.13 bits per heavy atom. The first kappa shape index (κ1) is 50.0. The standard InChI is InChI=1S/C54H81F2NP2Si2/c1-7-13-38-60(39-14-8-2,40-15-9-3)49-32-26-30-47(44-49)58(53-36-24-22-34-51(53)55)57(46-28-20-19-21-29-46)59(54-37-25-23-35-52(54)56)48-31-27-33-50(45-48)61(41-16-10-4,42-17-11-5)43-18-12-6/h22-27,30-37,44-46H,7-21,28-29,38-43H2,1-6H3. The highest BCUT2D eigenvalue weighted by Gasteiger charge is 2.42. The van der Waals surface area contributed by atoms with Crippen molar-refractivity contribution in [2.75, 3.05) is 0 Å². The smallest absolute Gasteiger partial charge is 0.132 e. The van der Waals surface area contributed by atoms with Crippen molar-refractivity contribution in [2.45, 2.75) is 193 Å². The van der Waals surface area contributed by atoms with Crippen LogP contribution >= 0.6 is 16.1 Å². The van der Waals surface area contributed by atoms with Gasteiger partial charge in [0.25, 0.3) is 0 Å². The van der Waals surface area contributed by atoms with E-state index in [1.807, 2.05) is 24.3 Å². The Labute approximate surface area is 377 Å². The van der Waals surface area contributed by atoms with E-state index >= 15 is 8.78 Å². The molecule has 0 spiro atoms. The van der Waals surface area contributed by atoms with Gasteiger partial charge in [-0.3, -0.25) is 0 Å². The Balaban J connectivity index is 1.83. The molecule has 0 radical (unpaired) electrons. The zero-order chi connectivity index (χ0) is 43.5. The van der Waals surface area contributed by atoms with E-state index in [1.165, 1.54) is 130 Å². The van der Waals surface area contributed by atoms with Crippen molar-refractivity contribution < 1.29 is 8.78 Å². The number of unbranched alkanes of at least 4 members (excludes halogenated alkanes) is 6. The lowest BCUT2D eigenvalue weighted by molar-refractivity contribution is 0.355. The van der Waals surface area contributed by atoms with Crippen molar-refractivity contribution in [1.29, 1.82) is 0 Å². The number of hydrogen-bond donors (Lipinski definition) is 0. The molecule has 7 heteroatoms. The van der Waals surface area contributed by atoms with E-state index in [0.717, 1.165) is 36.3 Å². The SMILES string of the molecule is CCCC[Si](CCCC)(CCCC)c1cccc(P(c2ccccc2F)N(C2CCCCC2)P(c2cccc([Si](CCCC)(CCCC)CCCC)c2)c2ccccc2F)c1. The lowest BCUT2D eigenvalue weighted by Gasteiger charge is -2.46. The summed E-state index contributed by atoms with van der Waals surface area (Å²) in [5.74, 6) is -0.262. The molecule has 1 aliphatic rings. The molecule has 0 N–H and O–H groups in total. The predicted molar refractivity (Wildman–Crippen MR) is 276 cm³/mol. The lowest BCUT2D eigenvalue weighted by atomic mass is 9.96. The molecule has 0 aromatic heterocycles. The van der Waals surface area contributed by atoms with E-state index in [2.05, 4.69) is 107 Å². The maximum Gasteiger partial charge on any atom is 0.132 e. The van der Waals surface area contributed by atoms with Gasteiger partial charge in [0.2, 0.25) is 0 Å². The van der Waals surface area contributed by atoms with Crippen LogP contribution in [-0.4, -0.2) is 26.6 Å². The number of nitrogens with zero attached hydrogens (tertiary/aromatic N) is 1. The van der Waals surface area contributed by atoms with E-state index in [0.29, 0.717) is 0 Å². The summed E-state index contributed by atoms with van der Waals surface area (Å²) in [6.07, 6.45) is 20.6. The summed E-state index contributed by atoms with van der Waals surface area (Å²) in [4.78, 5) is 0. The molecule has 1 nitrogen and oxygen atoms in total. The molecule has 5 rings (SSSR count). The Kier molecular flexibility index (Phi) is 21.4. The van der Waals surface area contributed by atoms with Gasteiger partial charge in [-0.2, -0.15) is 0 Å². The summed E-state index contributed by atoms with van der Waals surface area (Å²) in [6, 6.07) is 42.9. The summed E-state index contributed by atoms with van der Waals surface area (Å²) in [6.45, 7) is 14.1. The van der Waals surface area contributed by atoms with Gasteiger partial charge < -0.3 is 0 Å². The van der Waals surface area contributed by atoms with E-state index < -0.39 is 32.3 Å². The minimum absolute atomic E-state index is 0.131. The van der Waals surface area contributed by atoms with Gasteiger partial charge in [0.1, 0.15) is 11.6 Å². The third-order valence-corrected chi connectivity index (χ3v) is 30.6. The minimum atomic E-state index is -1.88. The zero-order valence-electron chi connectivity index (χ0n) is 39.2. The van der Waals surface area contributed by atoms with Crippen molar-refractivity contribution in [2.24, 2.45) is 0 Å². The Morgan fingerprint density at radius 1 is 0.459 bits per heavy atom. The van der Waals surface area contributed by atoms with E-state index in [1.54, 1.807) is 22.5 Å². The first-order chi connectivity index (χ1) is 29.8. The Hall–Kier alpha value is -2.01.